The SMILES string of the molecule is CCCCCCCCCCCCCCOc1cc(Cl)ccc1NC(=O)Nc1ccccc1C[n+]1ccsc1C. The maximum absolute atomic E-state index is 12.9. The molecule has 5 nitrogen and oxygen atoms in total. The molecule has 0 radical (unpaired) electrons. The van der Waals surface area contributed by atoms with Crippen LogP contribution in [0, 0.1) is 6.92 Å². The van der Waals surface area contributed by atoms with E-state index in [0.717, 1.165) is 24.1 Å². The first-order valence-corrected chi connectivity index (χ1v) is 15.8. The standard InChI is InChI=1S/C32H44ClN3O2S/c1-3-4-5-6-7-8-9-10-11-12-13-16-22-38-31-24-28(33)19-20-30(31)35-32(37)34-29-18-15-14-17-27(29)25-36-21-23-39-26(36)2/h14-15,17-21,23-24H,3-13,16,22,25H2,1-2H3,(H-,34,35,37)/p+1. The van der Waals surface area contributed by atoms with Crippen molar-refractivity contribution < 1.29 is 14.1 Å². The number of urea groups is 1. The zero-order valence-electron chi connectivity index (χ0n) is 23.6. The molecule has 0 atom stereocenters. The van der Waals surface area contributed by atoms with Crippen LogP contribution >= 0.6 is 22.9 Å². The molecule has 7 heteroatoms. The zero-order valence-corrected chi connectivity index (χ0v) is 25.2. The van der Waals surface area contributed by atoms with E-state index in [9.17, 15) is 4.79 Å². The van der Waals surface area contributed by atoms with Gasteiger partial charge in [0.2, 0.25) is 5.01 Å². The molecule has 0 spiro atoms. The van der Waals surface area contributed by atoms with E-state index in [2.05, 4.69) is 40.6 Å². The maximum atomic E-state index is 12.9. The number of benzene rings is 2. The van der Waals surface area contributed by atoms with Crippen molar-refractivity contribution in [3.63, 3.8) is 0 Å². The lowest BCUT2D eigenvalue weighted by Gasteiger charge is -2.14. The van der Waals surface area contributed by atoms with Crippen molar-refractivity contribution in [1.29, 1.82) is 0 Å². The summed E-state index contributed by atoms with van der Waals surface area (Å²) in [6.07, 6.45) is 17.7. The van der Waals surface area contributed by atoms with Gasteiger partial charge in [-0.15, -0.1) is 0 Å². The van der Waals surface area contributed by atoms with Crippen LogP contribution in [0.5, 0.6) is 5.75 Å². The highest BCUT2D eigenvalue weighted by atomic mass is 35.5. The molecule has 212 valence electrons. The number of aryl methyl sites for hydroxylation is 1. The minimum absolute atomic E-state index is 0.313. The number of thiazole rings is 1. The summed E-state index contributed by atoms with van der Waals surface area (Å²) in [4.78, 5) is 12.9. The second kappa shape index (κ2) is 17.9. The number of rotatable bonds is 18. The molecule has 2 N–H and O–H groups in total. The van der Waals surface area contributed by atoms with Gasteiger partial charge in [0.05, 0.1) is 23.4 Å². The normalized spacial score (nSPS) is 10.9. The van der Waals surface area contributed by atoms with E-state index in [0.29, 0.717) is 29.6 Å². The molecule has 2 amide bonds. The van der Waals surface area contributed by atoms with Crippen molar-refractivity contribution in [2.75, 3.05) is 17.2 Å². The molecule has 3 aromatic rings. The van der Waals surface area contributed by atoms with Gasteiger partial charge in [-0.25, -0.2) is 4.79 Å². The van der Waals surface area contributed by atoms with Crippen molar-refractivity contribution in [2.45, 2.75) is 97.4 Å². The Labute approximate surface area is 243 Å². The number of nitrogens with zero attached hydrogens (tertiary/aromatic N) is 1. The second-order valence-electron chi connectivity index (χ2n) is 10.2. The number of halogens is 1. The van der Waals surface area contributed by atoms with Crippen LogP contribution in [0.15, 0.2) is 54.0 Å². The summed E-state index contributed by atoms with van der Waals surface area (Å²) in [6.45, 7) is 5.66. The van der Waals surface area contributed by atoms with Gasteiger partial charge in [0.15, 0.2) is 12.7 Å². The van der Waals surface area contributed by atoms with Gasteiger partial charge in [0.25, 0.3) is 0 Å². The minimum atomic E-state index is -0.313. The van der Waals surface area contributed by atoms with Gasteiger partial charge in [0.1, 0.15) is 5.75 Å². The van der Waals surface area contributed by atoms with E-state index in [4.69, 9.17) is 16.3 Å². The second-order valence-corrected chi connectivity index (χ2v) is 11.7. The molecule has 0 saturated carbocycles. The fourth-order valence-corrected chi connectivity index (χ4v) is 5.45. The number of anilines is 2. The first-order valence-electron chi connectivity index (χ1n) is 14.6. The number of nitrogens with one attached hydrogen (secondary N) is 2. The van der Waals surface area contributed by atoms with Crippen molar-refractivity contribution in [3.8, 4) is 5.75 Å². The van der Waals surface area contributed by atoms with Gasteiger partial charge in [-0.3, -0.25) is 0 Å². The van der Waals surface area contributed by atoms with Crippen LogP contribution in [-0.2, 0) is 6.54 Å². The predicted molar refractivity (Wildman–Crippen MR) is 165 cm³/mol. The Morgan fingerprint density at radius 2 is 1.51 bits per heavy atom. The predicted octanol–water partition coefficient (Wildman–Crippen LogP) is 9.77. The Balaban J connectivity index is 1.40. The maximum Gasteiger partial charge on any atom is 0.323 e. The van der Waals surface area contributed by atoms with Crippen molar-refractivity contribution >= 4 is 40.3 Å². The zero-order chi connectivity index (χ0) is 27.7. The molecular weight excluding hydrogens is 526 g/mol. The Hall–Kier alpha value is -2.57. The third-order valence-electron chi connectivity index (χ3n) is 6.94. The number of carbonyl (C=O) groups excluding carboxylic acids is 1. The molecule has 0 aliphatic carbocycles. The van der Waals surface area contributed by atoms with E-state index < -0.39 is 0 Å². The third kappa shape index (κ3) is 11.6. The summed E-state index contributed by atoms with van der Waals surface area (Å²) >= 11 is 7.94. The van der Waals surface area contributed by atoms with E-state index in [1.807, 2.05) is 24.3 Å². The van der Waals surface area contributed by atoms with Gasteiger partial charge < -0.3 is 15.4 Å². The van der Waals surface area contributed by atoms with Crippen molar-refractivity contribution in [1.82, 2.24) is 0 Å². The highest BCUT2D eigenvalue weighted by molar-refractivity contribution is 7.09. The van der Waals surface area contributed by atoms with E-state index in [1.54, 1.807) is 29.5 Å². The van der Waals surface area contributed by atoms with Gasteiger partial charge >= 0.3 is 6.03 Å². The fraction of sp³-hybridized carbons (Fsp3) is 0.500. The van der Waals surface area contributed by atoms with Crippen LogP contribution in [0.2, 0.25) is 5.02 Å². The van der Waals surface area contributed by atoms with E-state index >= 15 is 0 Å². The molecule has 1 heterocycles. The van der Waals surface area contributed by atoms with E-state index in [1.165, 1.54) is 69.2 Å². The quantitative estimate of drug-likeness (QED) is 0.118. The molecule has 2 aromatic carbocycles. The fourth-order valence-electron chi connectivity index (χ4n) is 4.62. The number of hydrogen-bond donors (Lipinski definition) is 2. The number of ether oxygens (including phenoxy) is 1. The summed E-state index contributed by atoms with van der Waals surface area (Å²) < 4.78 is 8.21. The number of carbonyl (C=O) groups is 1. The van der Waals surface area contributed by atoms with Crippen LogP contribution in [-0.4, -0.2) is 12.6 Å². The number of hydrogen-bond acceptors (Lipinski definition) is 3. The summed E-state index contributed by atoms with van der Waals surface area (Å²) in [5, 5.41) is 9.81. The molecule has 0 fully saturated rings. The monoisotopic (exact) mass is 570 g/mol. The van der Waals surface area contributed by atoms with Gasteiger partial charge in [-0.1, -0.05) is 119 Å². The highest BCUT2D eigenvalue weighted by Gasteiger charge is 2.15. The number of aromatic nitrogens is 1. The van der Waals surface area contributed by atoms with Crippen LogP contribution < -0.4 is 19.9 Å². The van der Waals surface area contributed by atoms with Crippen LogP contribution in [0.1, 0.15) is 94.5 Å². The van der Waals surface area contributed by atoms with Crippen LogP contribution in [0.4, 0.5) is 16.2 Å². The summed E-state index contributed by atoms with van der Waals surface area (Å²) in [6, 6.07) is 12.9. The van der Waals surface area contributed by atoms with Crippen LogP contribution in [0.3, 0.4) is 0 Å². The van der Waals surface area contributed by atoms with Crippen molar-refractivity contribution in [3.05, 3.63) is 69.6 Å². The summed E-state index contributed by atoms with van der Waals surface area (Å²) in [7, 11) is 0. The average Bonchev–Trinajstić information content (AvgIpc) is 3.33. The Morgan fingerprint density at radius 1 is 0.872 bits per heavy atom. The molecule has 3 rings (SSSR count). The first kappa shape index (κ1) is 31.0. The summed E-state index contributed by atoms with van der Waals surface area (Å²) in [5.74, 6) is 0.596. The molecule has 1 aromatic heterocycles. The lowest BCUT2D eigenvalue weighted by molar-refractivity contribution is -0.689. The molecule has 0 aliphatic rings. The van der Waals surface area contributed by atoms with Crippen LogP contribution in [0.25, 0.3) is 0 Å². The number of amides is 2. The van der Waals surface area contributed by atoms with E-state index in [-0.39, 0.29) is 6.03 Å². The average molecular weight is 571 g/mol. The Bertz CT molecular complexity index is 1130. The lowest BCUT2D eigenvalue weighted by Crippen LogP contribution is -2.34. The molecule has 0 bridgehead atoms. The van der Waals surface area contributed by atoms with Crippen molar-refractivity contribution in [2.24, 2.45) is 0 Å². The molecule has 0 saturated heterocycles. The third-order valence-corrected chi connectivity index (χ3v) is 8.01. The Kier molecular flexibility index (Phi) is 14.2. The molecule has 0 unspecified atom stereocenters. The first-order chi connectivity index (χ1) is 19.1. The van der Waals surface area contributed by atoms with Gasteiger partial charge in [-0.2, -0.15) is 4.57 Å². The molecule has 39 heavy (non-hydrogen) atoms. The smallest absolute Gasteiger partial charge is 0.323 e. The lowest BCUT2D eigenvalue weighted by atomic mass is 10.1. The minimum Gasteiger partial charge on any atom is -0.491 e. The summed E-state index contributed by atoms with van der Waals surface area (Å²) in [5.41, 5.74) is 2.43. The number of unbranched alkanes of at least 4 members (excludes halogenated alkanes) is 11. The van der Waals surface area contributed by atoms with Gasteiger partial charge in [0, 0.05) is 23.6 Å². The molecule has 0 aliphatic heterocycles. The van der Waals surface area contributed by atoms with Gasteiger partial charge in [-0.05, 0) is 24.6 Å². The molecular formula is C32H45ClN3O2S+. The highest BCUT2D eigenvalue weighted by Crippen LogP contribution is 2.29. The largest absolute Gasteiger partial charge is 0.491 e. The number of para-hydroxylation sites is 1. The Morgan fingerprint density at radius 3 is 2.18 bits per heavy atom. The topological polar surface area (TPSA) is 54.2 Å².